The Hall–Kier alpha value is -2.99. The lowest BCUT2D eigenvalue weighted by Gasteiger charge is -2.08. The molecule has 4 rings (SSSR count). The van der Waals surface area contributed by atoms with Gasteiger partial charge in [-0.2, -0.15) is 4.52 Å². The van der Waals surface area contributed by atoms with Gasteiger partial charge in [0.15, 0.2) is 5.65 Å². The van der Waals surface area contributed by atoms with Gasteiger partial charge in [-0.1, -0.05) is 30.3 Å². The van der Waals surface area contributed by atoms with Crippen molar-refractivity contribution < 1.29 is 9.13 Å². The number of hydrogen-bond donors (Lipinski definition) is 0. The summed E-state index contributed by atoms with van der Waals surface area (Å²) in [5.74, 6) is 0.576. The van der Waals surface area contributed by atoms with E-state index in [1.54, 1.807) is 48.5 Å². The highest BCUT2D eigenvalue weighted by atomic mass is 35.5. The highest BCUT2D eigenvalue weighted by Crippen LogP contribution is 2.28. The molecule has 0 saturated carbocycles. The van der Waals surface area contributed by atoms with Gasteiger partial charge in [-0.05, 0) is 41.4 Å². The maximum atomic E-state index is 13.9. The van der Waals surface area contributed by atoms with Gasteiger partial charge in [0.05, 0.1) is 0 Å². The van der Waals surface area contributed by atoms with Gasteiger partial charge < -0.3 is 4.74 Å². The minimum atomic E-state index is -0.287. The second-order valence-electron chi connectivity index (χ2n) is 5.02. The summed E-state index contributed by atoms with van der Waals surface area (Å²) in [5, 5.41) is 11.9. The molecule has 2 aromatic carbocycles. The van der Waals surface area contributed by atoms with Crippen molar-refractivity contribution in [1.29, 1.82) is 0 Å². The minimum absolute atomic E-state index is 0.149. The third-order valence-corrected chi connectivity index (χ3v) is 3.68. The van der Waals surface area contributed by atoms with Crippen molar-refractivity contribution in [1.82, 2.24) is 19.8 Å². The molecule has 0 saturated heterocycles. The maximum Gasteiger partial charge on any atom is 0.246 e. The Morgan fingerprint density at radius 3 is 2.71 bits per heavy atom. The molecule has 24 heavy (non-hydrogen) atoms. The first-order valence-electron chi connectivity index (χ1n) is 7.11. The number of halogens is 2. The van der Waals surface area contributed by atoms with Crippen LogP contribution in [0.1, 0.15) is 0 Å². The van der Waals surface area contributed by atoms with Gasteiger partial charge in [-0.3, -0.25) is 0 Å². The van der Waals surface area contributed by atoms with Crippen LogP contribution in [0.5, 0.6) is 11.6 Å². The average molecular weight is 341 g/mol. The van der Waals surface area contributed by atoms with E-state index in [4.69, 9.17) is 16.3 Å². The van der Waals surface area contributed by atoms with Crippen LogP contribution in [0, 0.1) is 5.82 Å². The molecule has 0 bridgehead atoms. The van der Waals surface area contributed by atoms with Crippen molar-refractivity contribution in [3.63, 3.8) is 0 Å². The number of nitrogens with zero attached hydrogens (tertiary/aromatic N) is 4. The van der Waals surface area contributed by atoms with E-state index in [9.17, 15) is 4.39 Å². The van der Waals surface area contributed by atoms with E-state index in [0.29, 0.717) is 28.4 Å². The number of aromatic nitrogens is 4. The lowest BCUT2D eigenvalue weighted by Crippen LogP contribution is -1.96. The summed E-state index contributed by atoms with van der Waals surface area (Å²) < 4.78 is 21.0. The van der Waals surface area contributed by atoms with Crippen LogP contribution in [0.25, 0.3) is 16.8 Å². The molecule has 0 aliphatic carbocycles. The first-order chi connectivity index (χ1) is 11.7. The van der Waals surface area contributed by atoms with E-state index >= 15 is 0 Å². The van der Waals surface area contributed by atoms with Crippen molar-refractivity contribution in [3.05, 3.63) is 71.8 Å². The summed E-state index contributed by atoms with van der Waals surface area (Å²) in [6.07, 6.45) is 0. The second-order valence-corrected chi connectivity index (χ2v) is 5.36. The predicted molar refractivity (Wildman–Crippen MR) is 87.7 cm³/mol. The van der Waals surface area contributed by atoms with E-state index < -0.39 is 0 Å². The quantitative estimate of drug-likeness (QED) is 0.555. The van der Waals surface area contributed by atoms with Gasteiger partial charge in [0, 0.05) is 11.6 Å². The Kier molecular flexibility index (Phi) is 3.59. The smallest absolute Gasteiger partial charge is 0.246 e. The molecular weight excluding hydrogens is 331 g/mol. The third kappa shape index (κ3) is 2.68. The van der Waals surface area contributed by atoms with Gasteiger partial charge in [-0.15, -0.1) is 15.3 Å². The number of hydrogen-bond acceptors (Lipinski definition) is 4. The molecule has 4 aromatic rings. The number of fused-ring (bicyclic) bond motifs is 1. The van der Waals surface area contributed by atoms with Crippen molar-refractivity contribution in [2.24, 2.45) is 0 Å². The molecule has 2 aromatic heterocycles. The van der Waals surface area contributed by atoms with E-state index in [1.165, 1.54) is 10.6 Å². The molecule has 0 aliphatic rings. The largest absolute Gasteiger partial charge is 0.438 e. The Morgan fingerprint density at radius 1 is 0.958 bits per heavy atom. The highest BCUT2D eigenvalue weighted by molar-refractivity contribution is 6.28. The van der Waals surface area contributed by atoms with Gasteiger partial charge in [-0.25, -0.2) is 4.39 Å². The van der Waals surface area contributed by atoms with Gasteiger partial charge >= 0.3 is 0 Å². The van der Waals surface area contributed by atoms with Crippen LogP contribution >= 0.6 is 11.6 Å². The molecule has 2 heterocycles. The van der Waals surface area contributed by atoms with Crippen molar-refractivity contribution in [3.8, 4) is 22.8 Å². The Labute approximate surface area is 141 Å². The number of rotatable bonds is 3. The first kappa shape index (κ1) is 14.6. The summed E-state index contributed by atoms with van der Waals surface area (Å²) in [5.41, 5.74) is 1.75. The van der Waals surface area contributed by atoms with Crippen molar-refractivity contribution in [2.75, 3.05) is 0 Å². The molecule has 0 fully saturated rings. The van der Waals surface area contributed by atoms with Gasteiger partial charge in [0.25, 0.3) is 0 Å². The monoisotopic (exact) mass is 340 g/mol. The van der Waals surface area contributed by atoms with E-state index in [-0.39, 0.29) is 11.1 Å². The zero-order chi connectivity index (χ0) is 16.5. The minimum Gasteiger partial charge on any atom is -0.438 e. The molecule has 0 unspecified atom stereocenters. The lowest BCUT2D eigenvalue weighted by atomic mass is 10.1. The molecule has 0 atom stereocenters. The molecular formula is C17H10ClFN4O. The van der Waals surface area contributed by atoms with Crippen LogP contribution in [0.2, 0.25) is 5.28 Å². The van der Waals surface area contributed by atoms with Crippen LogP contribution in [0.3, 0.4) is 0 Å². The van der Waals surface area contributed by atoms with Crippen LogP contribution < -0.4 is 4.74 Å². The van der Waals surface area contributed by atoms with Crippen LogP contribution in [-0.4, -0.2) is 19.8 Å². The third-order valence-electron chi connectivity index (χ3n) is 3.44. The maximum absolute atomic E-state index is 13.9. The van der Waals surface area contributed by atoms with Crippen molar-refractivity contribution >= 4 is 17.2 Å². The zero-order valence-corrected chi connectivity index (χ0v) is 13.0. The molecule has 118 valence electrons. The fourth-order valence-electron chi connectivity index (χ4n) is 2.34. The van der Waals surface area contributed by atoms with E-state index in [1.807, 2.05) is 6.07 Å². The summed E-state index contributed by atoms with van der Waals surface area (Å²) in [6.45, 7) is 0. The van der Waals surface area contributed by atoms with Crippen molar-refractivity contribution in [2.45, 2.75) is 0 Å². The summed E-state index contributed by atoms with van der Waals surface area (Å²) in [6, 6.07) is 17.1. The normalized spacial score (nSPS) is 10.9. The molecule has 5 nitrogen and oxygen atoms in total. The predicted octanol–water partition coefficient (Wildman–Crippen LogP) is 4.38. The Morgan fingerprint density at radius 2 is 1.83 bits per heavy atom. The molecule has 0 N–H and O–H groups in total. The topological polar surface area (TPSA) is 52.3 Å². The molecule has 0 amide bonds. The summed E-state index contributed by atoms with van der Waals surface area (Å²) in [4.78, 5) is 0. The molecule has 7 heteroatoms. The van der Waals surface area contributed by atoms with Gasteiger partial charge in [0.2, 0.25) is 11.2 Å². The van der Waals surface area contributed by atoms with Crippen LogP contribution in [0.4, 0.5) is 4.39 Å². The standard InChI is InChI=1S/C17H10ClFN4O/c18-17-21-20-15-8-9-16(22-23(15)17)24-12-5-3-4-11(10-12)13-6-1-2-7-14(13)19/h1-10H. The second kappa shape index (κ2) is 5.90. The van der Waals surface area contributed by atoms with E-state index in [2.05, 4.69) is 15.3 Å². The Bertz CT molecular complexity index is 1030. The van der Waals surface area contributed by atoms with Crippen LogP contribution in [0.15, 0.2) is 60.7 Å². The fraction of sp³-hybridized carbons (Fsp3) is 0. The van der Waals surface area contributed by atoms with Gasteiger partial charge in [0.1, 0.15) is 11.6 Å². The number of benzene rings is 2. The molecule has 0 aliphatic heterocycles. The molecule has 0 spiro atoms. The number of ether oxygens (including phenoxy) is 1. The van der Waals surface area contributed by atoms with Crippen LogP contribution in [-0.2, 0) is 0 Å². The molecule has 0 radical (unpaired) electrons. The first-order valence-corrected chi connectivity index (χ1v) is 7.49. The summed E-state index contributed by atoms with van der Waals surface area (Å²) >= 11 is 5.90. The summed E-state index contributed by atoms with van der Waals surface area (Å²) in [7, 11) is 0. The average Bonchev–Trinajstić information content (AvgIpc) is 2.96. The Balaban J connectivity index is 1.68. The SMILES string of the molecule is Fc1ccccc1-c1cccc(Oc2ccc3nnc(Cl)n3n2)c1. The van der Waals surface area contributed by atoms with E-state index in [0.717, 1.165) is 0 Å². The lowest BCUT2D eigenvalue weighted by molar-refractivity contribution is 0.452. The highest BCUT2D eigenvalue weighted by Gasteiger charge is 2.08. The zero-order valence-electron chi connectivity index (χ0n) is 12.2. The fourth-order valence-corrected chi connectivity index (χ4v) is 2.51.